The van der Waals surface area contributed by atoms with Crippen molar-refractivity contribution >= 4 is 8.25 Å². The van der Waals surface area contributed by atoms with Crippen molar-refractivity contribution in [3.63, 3.8) is 0 Å². The molecule has 0 amide bonds. The van der Waals surface area contributed by atoms with E-state index in [4.69, 9.17) is 14.4 Å². The molecule has 6 heteroatoms. The SMILES string of the molecule is O=[P+](O)O.Oc1ccc(-c2ccccc2-c2ccc(O)cc2)cc1. The van der Waals surface area contributed by atoms with Crippen LogP contribution in [0.4, 0.5) is 0 Å². The molecule has 5 nitrogen and oxygen atoms in total. The van der Waals surface area contributed by atoms with Gasteiger partial charge in [0.15, 0.2) is 0 Å². The summed E-state index contributed by atoms with van der Waals surface area (Å²) in [4.78, 5) is 14.2. The van der Waals surface area contributed by atoms with Gasteiger partial charge in [0.1, 0.15) is 11.5 Å². The highest BCUT2D eigenvalue weighted by atomic mass is 31.1. The van der Waals surface area contributed by atoms with Crippen LogP contribution in [0.3, 0.4) is 0 Å². The second kappa shape index (κ2) is 8.22. The minimum Gasteiger partial charge on any atom is -0.508 e. The van der Waals surface area contributed by atoms with Gasteiger partial charge in [0.2, 0.25) is 0 Å². The van der Waals surface area contributed by atoms with Crippen LogP contribution in [0.2, 0.25) is 0 Å². The molecule has 3 rings (SSSR count). The first kappa shape index (κ1) is 17.6. The lowest BCUT2D eigenvalue weighted by atomic mass is 9.94. The molecule has 0 unspecified atom stereocenters. The molecule has 122 valence electrons. The summed E-state index contributed by atoms with van der Waals surface area (Å²) in [6.45, 7) is 0. The van der Waals surface area contributed by atoms with E-state index < -0.39 is 8.25 Å². The largest absolute Gasteiger partial charge is 0.692 e. The number of hydrogen-bond acceptors (Lipinski definition) is 3. The Morgan fingerprint density at radius 3 is 1.17 bits per heavy atom. The molecule has 0 aliphatic carbocycles. The molecular formula is C18H16O5P+. The van der Waals surface area contributed by atoms with Gasteiger partial charge in [-0.1, -0.05) is 48.5 Å². The van der Waals surface area contributed by atoms with Gasteiger partial charge in [0.05, 0.1) is 0 Å². The normalized spacial score (nSPS) is 9.75. The van der Waals surface area contributed by atoms with Crippen LogP contribution < -0.4 is 0 Å². The highest BCUT2D eigenvalue weighted by molar-refractivity contribution is 7.30. The standard InChI is InChI=1S/C18H14O2.HO3P/c19-15-9-5-13(6-10-15)17-3-1-2-4-18(17)14-7-11-16(20)12-8-14;1-4(2)3/h1-12,19-20H;(H-,1,2,3)/p+1. The van der Waals surface area contributed by atoms with E-state index in [1.54, 1.807) is 24.3 Å². The van der Waals surface area contributed by atoms with Crippen molar-refractivity contribution in [1.82, 2.24) is 0 Å². The van der Waals surface area contributed by atoms with Crippen LogP contribution in [0.1, 0.15) is 0 Å². The predicted octanol–water partition coefficient (Wildman–Crippen LogP) is 4.06. The highest BCUT2D eigenvalue weighted by Crippen LogP contribution is 2.33. The van der Waals surface area contributed by atoms with Crippen molar-refractivity contribution in [2.45, 2.75) is 0 Å². The summed E-state index contributed by atoms with van der Waals surface area (Å²) >= 11 is 0. The summed E-state index contributed by atoms with van der Waals surface area (Å²) < 4.78 is 8.70. The molecule has 3 aromatic carbocycles. The van der Waals surface area contributed by atoms with Gasteiger partial charge in [-0.3, -0.25) is 0 Å². The van der Waals surface area contributed by atoms with Crippen molar-refractivity contribution in [3.8, 4) is 33.8 Å². The third-order valence-electron chi connectivity index (χ3n) is 3.28. The van der Waals surface area contributed by atoms with Gasteiger partial charge >= 0.3 is 8.25 Å². The first-order chi connectivity index (χ1) is 11.5. The lowest BCUT2D eigenvalue weighted by molar-refractivity contribution is 0.405. The zero-order chi connectivity index (χ0) is 17.5. The van der Waals surface area contributed by atoms with E-state index in [1.807, 2.05) is 36.4 Å². The van der Waals surface area contributed by atoms with Crippen LogP contribution >= 0.6 is 8.25 Å². The van der Waals surface area contributed by atoms with E-state index in [9.17, 15) is 10.2 Å². The van der Waals surface area contributed by atoms with Gasteiger partial charge in [-0.2, -0.15) is 0 Å². The van der Waals surface area contributed by atoms with Crippen LogP contribution in [-0.4, -0.2) is 20.0 Å². The number of phenolic OH excluding ortho intramolecular Hbond substituents is 2. The maximum absolute atomic E-state index is 9.39. The van der Waals surface area contributed by atoms with Gasteiger partial charge in [-0.15, -0.1) is 9.79 Å². The molecule has 0 fully saturated rings. The Kier molecular flexibility index (Phi) is 6.04. The Labute approximate surface area is 140 Å². The Morgan fingerprint density at radius 1 is 0.583 bits per heavy atom. The topological polar surface area (TPSA) is 98.0 Å². The molecule has 0 bridgehead atoms. The lowest BCUT2D eigenvalue weighted by Crippen LogP contribution is -1.84. The van der Waals surface area contributed by atoms with E-state index in [0.29, 0.717) is 0 Å². The molecule has 4 N–H and O–H groups in total. The predicted molar refractivity (Wildman–Crippen MR) is 92.7 cm³/mol. The summed E-state index contributed by atoms with van der Waals surface area (Å²) in [7, 11) is -2.87. The minimum absolute atomic E-state index is 0.260. The van der Waals surface area contributed by atoms with E-state index in [1.165, 1.54) is 0 Å². The molecule has 0 aromatic heterocycles. The third kappa shape index (κ3) is 4.89. The molecule has 0 aliphatic heterocycles. The molecular weight excluding hydrogens is 327 g/mol. The Hall–Kier alpha value is -2.72. The number of benzene rings is 3. The van der Waals surface area contributed by atoms with Crippen LogP contribution in [0.15, 0.2) is 72.8 Å². The highest BCUT2D eigenvalue weighted by Gasteiger charge is 2.06. The molecule has 0 saturated carbocycles. The second-order valence-corrected chi connectivity index (χ2v) is 5.40. The van der Waals surface area contributed by atoms with E-state index in [2.05, 4.69) is 12.1 Å². The van der Waals surface area contributed by atoms with Crippen molar-refractivity contribution in [2.24, 2.45) is 0 Å². The van der Waals surface area contributed by atoms with E-state index >= 15 is 0 Å². The van der Waals surface area contributed by atoms with Gasteiger partial charge in [0, 0.05) is 4.57 Å². The van der Waals surface area contributed by atoms with Crippen LogP contribution in [0.5, 0.6) is 11.5 Å². The molecule has 0 atom stereocenters. The molecule has 0 saturated heterocycles. The first-order valence-corrected chi connectivity index (χ1v) is 8.17. The average molecular weight is 343 g/mol. The number of phenols is 2. The van der Waals surface area contributed by atoms with E-state index in [0.717, 1.165) is 22.3 Å². The first-order valence-electron chi connectivity index (χ1n) is 7.00. The Balaban J connectivity index is 0.000000471. The van der Waals surface area contributed by atoms with Crippen molar-refractivity contribution in [2.75, 3.05) is 0 Å². The quantitative estimate of drug-likeness (QED) is 0.526. The molecule has 0 radical (unpaired) electrons. The molecule has 0 aliphatic rings. The molecule has 0 spiro atoms. The van der Waals surface area contributed by atoms with Gasteiger partial charge in [-0.05, 0) is 46.5 Å². The Bertz CT molecular complexity index is 745. The lowest BCUT2D eigenvalue weighted by Gasteiger charge is -2.10. The molecule has 3 aromatic rings. The maximum Gasteiger partial charge on any atom is 0.692 e. The van der Waals surface area contributed by atoms with Crippen molar-refractivity contribution in [3.05, 3.63) is 72.8 Å². The zero-order valence-corrected chi connectivity index (χ0v) is 13.5. The Morgan fingerprint density at radius 2 is 0.875 bits per heavy atom. The smallest absolute Gasteiger partial charge is 0.508 e. The average Bonchev–Trinajstić information content (AvgIpc) is 2.56. The summed E-state index contributed by atoms with van der Waals surface area (Å²) in [6, 6.07) is 22.4. The van der Waals surface area contributed by atoms with Crippen LogP contribution in [0, 0.1) is 0 Å². The minimum atomic E-state index is -2.87. The fraction of sp³-hybridized carbons (Fsp3) is 0. The zero-order valence-electron chi connectivity index (χ0n) is 12.6. The summed E-state index contributed by atoms with van der Waals surface area (Å²) in [6.07, 6.45) is 0. The van der Waals surface area contributed by atoms with Gasteiger partial charge in [-0.25, -0.2) is 0 Å². The second-order valence-electron chi connectivity index (χ2n) is 4.89. The van der Waals surface area contributed by atoms with Gasteiger partial charge in [0.25, 0.3) is 0 Å². The number of hydrogen-bond donors (Lipinski definition) is 4. The number of aromatic hydroxyl groups is 2. The fourth-order valence-corrected chi connectivity index (χ4v) is 2.27. The van der Waals surface area contributed by atoms with Crippen molar-refractivity contribution in [1.29, 1.82) is 0 Å². The van der Waals surface area contributed by atoms with E-state index in [-0.39, 0.29) is 11.5 Å². The van der Waals surface area contributed by atoms with Crippen LogP contribution in [-0.2, 0) is 4.57 Å². The van der Waals surface area contributed by atoms with Crippen LogP contribution in [0.25, 0.3) is 22.3 Å². The molecule has 0 heterocycles. The third-order valence-corrected chi connectivity index (χ3v) is 3.28. The molecule has 24 heavy (non-hydrogen) atoms. The monoisotopic (exact) mass is 343 g/mol. The summed E-state index contributed by atoms with van der Waals surface area (Å²) in [5.41, 5.74) is 4.29. The number of rotatable bonds is 2. The fourth-order valence-electron chi connectivity index (χ4n) is 2.27. The van der Waals surface area contributed by atoms with Crippen molar-refractivity contribution < 1.29 is 24.6 Å². The maximum atomic E-state index is 9.39. The summed E-state index contributed by atoms with van der Waals surface area (Å²) in [5.74, 6) is 0.520. The van der Waals surface area contributed by atoms with Gasteiger partial charge < -0.3 is 10.2 Å². The summed E-state index contributed by atoms with van der Waals surface area (Å²) in [5, 5.41) is 18.8.